The van der Waals surface area contributed by atoms with Crippen LogP contribution in [0.3, 0.4) is 0 Å². The molecule has 1 heterocycles. The van der Waals surface area contributed by atoms with Gasteiger partial charge in [0.25, 0.3) is 0 Å². The zero-order valence-electron chi connectivity index (χ0n) is 13.0. The number of halogens is 3. The van der Waals surface area contributed by atoms with Crippen molar-refractivity contribution >= 4 is 24.3 Å². The summed E-state index contributed by atoms with van der Waals surface area (Å²) in [7, 11) is -0.868. The molecule has 0 bridgehead atoms. The highest BCUT2D eigenvalue weighted by molar-refractivity contribution is 6.63. The van der Waals surface area contributed by atoms with Crippen molar-refractivity contribution < 1.29 is 32.0 Å². The van der Waals surface area contributed by atoms with Gasteiger partial charge in [0.05, 0.1) is 16.9 Å². The van der Waals surface area contributed by atoms with Crippen molar-refractivity contribution in [3.05, 3.63) is 18.2 Å². The molecule has 0 radical (unpaired) electrons. The van der Waals surface area contributed by atoms with Gasteiger partial charge in [0.2, 0.25) is 6.08 Å². The van der Waals surface area contributed by atoms with Crippen molar-refractivity contribution in [3.8, 4) is 5.75 Å². The second kappa shape index (κ2) is 5.67. The molecular formula is C14H15BF3NO4. The van der Waals surface area contributed by atoms with Crippen LogP contribution in [0.4, 0.5) is 18.9 Å². The predicted octanol–water partition coefficient (Wildman–Crippen LogP) is 2.85. The largest absolute Gasteiger partial charge is 0.573 e. The molecule has 5 nitrogen and oxygen atoms in total. The number of hydrogen-bond acceptors (Lipinski definition) is 5. The Hall–Kier alpha value is -1.83. The van der Waals surface area contributed by atoms with Crippen molar-refractivity contribution in [2.45, 2.75) is 45.3 Å². The topological polar surface area (TPSA) is 57.1 Å². The van der Waals surface area contributed by atoms with Crippen LogP contribution in [0.25, 0.3) is 0 Å². The second-order valence-corrected chi connectivity index (χ2v) is 6.06. The predicted molar refractivity (Wildman–Crippen MR) is 76.6 cm³/mol. The molecule has 0 N–H and O–H groups in total. The van der Waals surface area contributed by atoms with Crippen molar-refractivity contribution in [2.24, 2.45) is 4.99 Å². The molecule has 0 atom stereocenters. The lowest BCUT2D eigenvalue weighted by Crippen LogP contribution is -2.41. The van der Waals surface area contributed by atoms with Crippen LogP contribution in [0.5, 0.6) is 5.75 Å². The van der Waals surface area contributed by atoms with E-state index < -0.39 is 30.4 Å². The Balaban J connectivity index is 2.38. The number of benzene rings is 1. The molecule has 1 fully saturated rings. The smallest absolute Gasteiger partial charge is 0.406 e. The van der Waals surface area contributed by atoms with Gasteiger partial charge < -0.3 is 14.0 Å². The molecule has 1 aliphatic rings. The maximum absolute atomic E-state index is 12.3. The van der Waals surface area contributed by atoms with Gasteiger partial charge >= 0.3 is 13.5 Å². The first kappa shape index (κ1) is 17.5. The third-order valence-electron chi connectivity index (χ3n) is 3.91. The molecule has 1 saturated heterocycles. The van der Waals surface area contributed by atoms with E-state index in [1.54, 1.807) is 0 Å². The lowest BCUT2D eigenvalue weighted by molar-refractivity contribution is -0.274. The fraction of sp³-hybridized carbons (Fsp3) is 0.500. The molecule has 0 aromatic heterocycles. The Kier molecular flexibility index (Phi) is 4.32. The van der Waals surface area contributed by atoms with Crippen LogP contribution in [-0.4, -0.2) is 30.8 Å². The zero-order valence-corrected chi connectivity index (χ0v) is 13.0. The summed E-state index contributed by atoms with van der Waals surface area (Å²) >= 11 is 0. The molecule has 1 aliphatic heterocycles. The van der Waals surface area contributed by atoms with Gasteiger partial charge in [-0.1, -0.05) is 6.07 Å². The molecule has 124 valence electrons. The minimum Gasteiger partial charge on any atom is -0.406 e. The molecule has 0 spiro atoms. The average molecular weight is 329 g/mol. The van der Waals surface area contributed by atoms with Gasteiger partial charge in [-0.2, -0.15) is 4.99 Å². The Morgan fingerprint density at radius 3 is 2.22 bits per heavy atom. The van der Waals surface area contributed by atoms with Gasteiger partial charge in [-0.05, 0) is 33.8 Å². The van der Waals surface area contributed by atoms with Gasteiger partial charge in [0.1, 0.15) is 5.75 Å². The molecule has 2 rings (SSSR count). The van der Waals surface area contributed by atoms with Crippen molar-refractivity contribution in [1.29, 1.82) is 0 Å². The van der Waals surface area contributed by atoms with Gasteiger partial charge in [0, 0.05) is 11.5 Å². The van der Waals surface area contributed by atoms with Crippen LogP contribution in [0.15, 0.2) is 23.2 Å². The summed E-state index contributed by atoms with van der Waals surface area (Å²) in [5.74, 6) is -0.494. The fourth-order valence-electron chi connectivity index (χ4n) is 2.04. The second-order valence-electron chi connectivity index (χ2n) is 6.06. The third kappa shape index (κ3) is 3.75. The number of aliphatic imine (C=N–C) groups is 1. The summed E-state index contributed by atoms with van der Waals surface area (Å²) in [6.07, 6.45) is -3.53. The fourth-order valence-corrected chi connectivity index (χ4v) is 2.04. The summed E-state index contributed by atoms with van der Waals surface area (Å²) in [6.45, 7) is 7.32. The maximum Gasteiger partial charge on any atom is 0.573 e. The molecule has 0 aliphatic carbocycles. The molecule has 9 heteroatoms. The van der Waals surface area contributed by atoms with E-state index in [0.717, 1.165) is 12.1 Å². The first-order chi connectivity index (χ1) is 10.5. The Morgan fingerprint density at radius 1 is 1.17 bits per heavy atom. The van der Waals surface area contributed by atoms with E-state index in [9.17, 15) is 18.0 Å². The molecule has 0 saturated carbocycles. The summed E-state index contributed by atoms with van der Waals surface area (Å²) in [5, 5.41) is 0. The summed E-state index contributed by atoms with van der Waals surface area (Å²) < 4.78 is 52.3. The monoisotopic (exact) mass is 329 g/mol. The van der Waals surface area contributed by atoms with Crippen molar-refractivity contribution in [3.63, 3.8) is 0 Å². The number of ether oxygens (including phenoxy) is 1. The SMILES string of the molecule is CC1(C)OB(c2ccc(OC(F)(F)F)cc2N=C=O)OC1(C)C. The molecule has 23 heavy (non-hydrogen) atoms. The quantitative estimate of drug-likeness (QED) is 0.486. The van der Waals surface area contributed by atoms with Crippen molar-refractivity contribution in [1.82, 2.24) is 0 Å². The van der Waals surface area contributed by atoms with Crippen molar-refractivity contribution in [2.75, 3.05) is 0 Å². The van der Waals surface area contributed by atoms with Crippen LogP contribution in [0, 0.1) is 0 Å². The Labute approximate surface area is 131 Å². The minimum absolute atomic E-state index is 0.0553. The lowest BCUT2D eigenvalue weighted by Gasteiger charge is -2.32. The Bertz CT molecular complexity index is 638. The number of alkyl halides is 3. The molecule has 0 unspecified atom stereocenters. The van der Waals surface area contributed by atoms with Crippen LogP contribution in [-0.2, 0) is 14.1 Å². The zero-order chi connectivity index (χ0) is 17.5. The van der Waals surface area contributed by atoms with Gasteiger partial charge in [-0.15, -0.1) is 13.2 Å². The lowest BCUT2D eigenvalue weighted by atomic mass is 9.78. The third-order valence-corrected chi connectivity index (χ3v) is 3.91. The van der Waals surface area contributed by atoms with E-state index in [2.05, 4.69) is 9.73 Å². The number of nitrogens with zero attached hydrogens (tertiary/aromatic N) is 1. The number of isocyanates is 1. The van der Waals surface area contributed by atoms with Gasteiger partial charge in [0.15, 0.2) is 0 Å². The van der Waals surface area contributed by atoms with E-state index in [4.69, 9.17) is 9.31 Å². The Morgan fingerprint density at radius 2 is 1.74 bits per heavy atom. The van der Waals surface area contributed by atoms with Crippen LogP contribution in [0.1, 0.15) is 27.7 Å². The van der Waals surface area contributed by atoms with E-state index in [1.165, 1.54) is 12.1 Å². The normalized spacial score (nSPS) is 19.3. The first-order valence-electron chi connectivity index (χ1n) is 6.78. The highest BCUT2D eigenvalue weighted by Gasteiger charge is 2.52. The molecular weight excluding hydrogens is 314 g/mol. The first-order valence-corrected chi connectivity index (χ1v) is 6.78. The van der Waals surface area contributed by atoms with Crippen LogP contribution in [0.2, 0.25) is 0 Å². The molecule has 1 aromatic carbocycles. The molecule has 0 amide bonds. The van der Waals surface area contributed by atoms with Crippen LogP contribution >= 0.6 is 0 Å². The summed E-state index contributed by atoms with van der Waals surface area (Å²) in [5.41, 5.74) is -1.01. The van der Waals surface area contributed by atoms with E-state index in [-0.39, 0.29) is 5.69 Å². The highest BCUT2D eigenvalue weighted by Crippen LogP contribution is 2.37. The number of carbonyl (C=O) groups excluding carboxylic acids is 1. The minimum atomic E-state index is -4.84. The van der Waals surface area contributed by atoms with E-state index in [0.29, 0.717) is 5.46 Å². The molecule has 1 aromatic rings. The maximum atomic E-state index is 12.3. The highest BCUT2D eigenvalue weighted by atomic mass is 19.4. The van der Waals surface area contributed by atoms with E-state index in [1.807, 2.05) is 27.7 Å². The summed E-state index contributed by atoms with van der Waals surface area (Å²) in [4.78, 5) is 14.0. The van der Waals surface area contributed by atoms with Gasteiger partial charge in [-0.3, -0.25) is 0 Å². The number of hydrogen-bond donors (Lipinski definition) is 0. The standard InChI is InChI=1S/C14H15BF3NO4/c1-12(2)13(3,4)23-15(22-12)10-6-5-9(21-14(16,17)18)7-11(10)19-8-20/h5-7H,1-4H3. The van der Waals surface area contributed by atoms with E-state index >= 15 is 0 Å². The van der Waals surface area contributed by atoms with Gasteiger partial charge in [-0.25, -0.2) is 4.79 Å². The summed E-state index contributed by atoms with van der Waals surface area (Å²) in [6, 6.07) is 3.41. The average Bonchev–Trinajstić information content (AvgIpc) is 2.56. The van der Waals surface area contributed by atoms with Crippen LogP contribution < -0.4 is 10.2 Å². The number of rotatable bonds is 3.